The van der Waals surface area contributed by atoms with Crippen LogP contribution in [-0.2, 0) is 17.8 Å². The van der Waals surface area contributed by atoms with E-state index in [-0.39, 0.29) is 5.91 Å². The minimum absolute atomic E-state index is 0.216. The zero-order valence-electron chi connectivity index (χ0n) is 13.8. The van der Waals surface area contributed by atoms with Crippen LogP contribution in [0.1, 0.15) is 43.8 Å². The Morgan fingerprint density at radius 1 is 1.09 bits per heavy atom. The van der Waals surface area contributed by atoms with Crippen molar-refractivity contribution in [1.29, 1.82) is 0 Å². The molecule has 2 aliphatic rings. The van der Waals surface area contributed by atoms with Crippen molar-refractivity contribution in [2.24, 2.45) is 0 Å². The van der Waals surface area contributed by atoms with Crippen molar-refractivity contribution in [2.45, 2.75) is 45.1 Å². The maximum absolute atomic E-state index is 12.3. The van der Waals surface area contributed by atoms with Crippen LogP contribution in [0.3, 0.4) is 0 Å². The van der Waals surface area contributed by atoms with Crippen molar-refractivity contribution >= 4 is 5.91 Å². The predicted molar refractivity (Wildman–Crippen MR) is 85.8 cm³/mol. The molecule has 0 aromatic carbocycles. The Bertz CT molecular complexity index is 490. The van der Waals surface area contributed by atoms with Gasteiger partial charge in [0.15, 0.2) is 5.82 Å². The second-order valence-electron chi connectivity index (χ2n) is 6.43. The number of piperazine rings is 1. The number of rotatable bonds is 5. The van der Waals surface area contributed by atoms with Gasteiger partial charge in [0.1, 0.15) is 0 Å². The molecule has 0 unspecified atom stereocenters. The number of hydrogen-bond acceptors (Lipinski definition) is 6. The van der Waals surface area contributed by atoms with Gasteiger partial charge in [-0.05, 0) is 12.8 Å². The normalized spacial score (nSPS) is 20.4. The Morgan fingerprint density at radius 3 is 2.57 bits per heavy atom. The Hall–Kier alpha value is -1.47. The van der Waals surface area contributed by atoms with Crippen molar-refractivity contribution in [1.82, 2.24) is 25.3 Å². The summed E-state index contributed by atoms with van der Waals surface area (Å²) < 4.78 is 5.29. The molecule has 3 rings (SSSR count). The second kappa shape index (κ2) is 8.40. The molecule has 128 valence electrons. The molecule has 7 heteroatoms. The van der Waals surface area contributed by atoms with E-state index in [1.54, 1.807) is 0 Å². The first-order valence-corrected chi connectivity index (χ1v) is 8.83. The highest BCUT2D eigenvalue weighted by atomic mass is 16.5. The van der Waals surface area contributed by atoms with Gasteiger partial charge in [0.2, 0.25) is 11.8 Å². The fraction of sp³-hybridized carbons (Fsp3) is 0.812. The number of nitrogens with zero attached hydrogens (tertiary/aromatic N) is 4. The first-order valence-electron chi connectivity index (χ1n) is 8.83. The predicted octanol–water partition coefficient (Wildman–Crippen LogP) is 0.810. The summed E-state index contributed by atoms with van der Waals surface area (Å²) in [5.41, 5.74) is 0. The van der Waals surface area contributed by atoms with E-state index >= 15 is 0 Å². The van der Waals surface area contributed by atoms with Gasteiger partial charge < -0.3 is 14.7 Å². The molecule has 0 saturated carbocycles. The van der Waals surface area contributed by atoms with Gasteiger partial charge in [-0.3, -0.25) is 9.69 Å². The van der Waals surface area contributed by atoms with Gasteiger partial charge in [0.25, 0.3) is 0 Å². The number of aromatic nitrogens is 2. The minimum Gasteiger partial charge on any atom is -0.343 e. The van der Waals surface area contributed by atoms with Crippen LogP contribution in [0.25, 0.3) is 0 Å². The summed E-state index contributed by atoms with van der Waals surface area (Å²) in [4.78, 5) is 21.0. The molecule has 2 fully saturated rings. The van der Waals surface area contributed by atoms with E-state index in [1.807, 2.05) is 4.90 Å². The van der Waals surface area contributed by atoms with Gasteiger partial charge in [-0.1, -0.05) is 18.0 Å². The number of aryl methyl sites for hydroxylation is 1. The number of carbonyl (C=O) groups excluding carboxylic acids is 1. The molecule has 0 bridgehead atoms. The minimum atomic E-state index is 0.216. The van der Waals surface area contributed by atoms with Crippen LogP contribution in [0, 0.1) is 0 Å². The third-order valence-corrected chi connectivity index (χ3v) is 4.60. The highest BCUT2D eigenvalue weighted by molar-refractivity contribution is 5.76. The van der Waals surface area contributed by atoms with E-state index in [0.29, 0.717) is 18.7 Å². The molecule has 1 N–H and O–H groups in total. The molecule has 23 heavy (non-hydrogen) atoms. The average molecular weight is 321 g/mol. The van der Waals surface area contributed by atoms with Crippen molar-refractivity contribution in [3.05, 3.63) is 11.7 Å². The highest BCUT2D eigenvalue weighted by Crippen LogP contribution is 2.12. The van der Waals surface area contributed by atoms with E-state index in [2.05, 4.69) is 20.4 Å². The number of likely N-dealkylation sites (tertiary alicyclic amines) is 1. The molecule has 0 spiro atoms. The molecule has 1 amide bonds. The third kappa shape index (κ3) is 5.00. The van der Waals surface area contributed by atoms with Gasteiger partial charge in [-0.15, -0.1) is 0 Å². The zero-order valence-corrected chi connectivity index (χ0v) is 13.8. The molecule has 1 aromatic heterocycles. The topological polar surface area (TPSA) is 74.5 Å². The molecule has 0 aliphatic carbocycles. The molecule has 1 aromatic rings. The average Bonchev–Trinajstić information content (AvgIpc) is 2.84. The van der Waals surface area contributed by atoms with Crippen molar-refractivity contribution in [3.8, 4) is 0 Å². The van der Waals surface area contributed by atoms with Gasteiger partial charge in [-0.25, -0.2) is 0 Å². The lowest BCUT2D eigenvalue weighted by Crippen LogP contribution is -2.43. The van der Waals surface area contributed by atoms with Crippen LogP contribution in [0.2, 0.25) is 0 Å². The van der Waals surface area contributed by atoms with E-state index in [4.69, 9.17) is 4.52 Å². The van der Waals surface area contributed by atoms with E-state index in [9.17, 15) is 4.79 Å². The Labute approximate surface area is 137 Å². The number of carbonyl (C=O) groups is 1. The van der Waals surface area contributed by atoms with Crippen molar-refractivity contribution < 1.29 is 9.32 Å². The molecule has 2 saturated heterocycles. The molecule has 2 aliphatic heterocycles. The summed E-state index contributed by atoms with van der Waals surface area (Å²) in [5.74, 6) is 1.52. The van der Waals surface area contributed by atoms with Crippen LogP contribution in [0.15, 0.2) is 4.52 Å². The van der Waals surface area contributed by atoms with Crippen LogP contribution < -0.4 is 5.32 Å². The largest absolute Gasteiger partial charge is 0.343 e. The number of nitrogens with one attached hydrogen (secondary N) is 1. The Kier molecular flexibility index (Phi) is 5.99. The van der Waals surface area contributed by atoms with Gasteiger partial charge in [0.05, 0.1) is 6.54 Å². The second-order valence-corrected chi connectivity index (χ2v) is 6.43. The van der Waals surface area contributed by atoms with Gasteiger partial charge in [-0.2, -0.15) is 4.98 Å². The highest BCUT2D eigenvalue weighted by Gasteiger charge is 2.18. The van der Waals surface area contributed by atoms with Crippen molar-refractivity contribution in [2.75, 3.05) is 39.3 Å². The third-order valence-electron chi connectivity index (χ3n) is 4.60. The lowest BCUT2D eigenvalue weighted by atomic mass is 10.2. The summed E-state index contributed by atoms with van der Waals surface area (Å²) in [6.45, 7) is 6.57. The summed E-state index contributed by atoms with van der Waals surface area (Å²) >= 11 is 0. The smallest absolute Gasteiger partial charge is 0.227 e. The van der Waals surface area contributed by atoms with E-state index < -0.39 is 0 Å². The summed E-state index contributed by atoms with van der Waals surface area (Å²) in [5, 5.41) is 7.37. The van der Waals surface area contributed by atoms with Crippen LogP contribution in [-0.4, -0.2) is 65.1 Å². The van der Waals surface area contributed by atoms with E-state index in [1.165, 1.54) is 12.8 Å². The summed E-state index contributed by atoms with van der Waals surface area (Å²) in [6, 6.07) is 0. The van der Waals surface area contributed by atoms with E-state index in [0.717, 1.165) is 64.5 Å². The monoisotopic (exact) mass is 321 g/mol. The fourth-order valence-corrected chi connectivity index (χ4v) is 3.22. The lowest BCUT2D eigenvalue weighted by Gasteiger charge is -2.25. The van der Waals surface area contributed by atoms with Crippen LogP contribution >= 0.6 is 0 Å². The van der Waals surface area contributed by atoms with Gasteiger partial charge in [0, 0.05) is 52.1 Å². The van der Waals surface area contributed by atoms with Crippen molar-refractivity contribution in [3.63, 3.8) is 0 Å². The summed E-state index contributed by atoms with van der Waals surface area (Å²) in [7, 11) is 0. The molecular formula is C16H27N5O2. The SMILES string of the molecule is O=C(CCc1nc(CN2CCNCC2)no1)N1CCCCCC1. The number of amides is 1. The summed E-state index contributed by atoms with van der Waals surface area (Å²) in [6.07, 6.45) is 5.74. The fourth-order valence-electron chi connectivity index (χ4n) is 3.22. The zero-order chi connectivity index (χ0) is 15.9. The molecule has 7 nitrogen and oxygen atoms in total. The first kappa shape index (κ1) is 16.4. The molecule has 3 heterocycles. The molecule has 0 atom stereocenters. The van der Waals surface area contributed by atoms with Crippen LogP contribution in [0.5, 0.6) is 0 Å². The maximum atomic E-state index is 12.3. The first-order chi connectivity index (χ1) is 11.3. The molecular weight excluding hydrogens is 294 g/mol. The Morgan fingerprint density at radius 2 is 1.83 bits per heavy atom. The van der Waals surface area contributed by atoms with Gasteiger partial charge >= 0.3 is 0 Å². The quantitative estimate of drug-likeness (QED) is 0.865. The maximum Gasteiger partial charge on any atom is 0.227 e. The Balaban J connectivity index is 1.43. The van der Waals surface area contributed by atoms with Crippen LogP contribution in [0.4, 0.5) is 0 Å². The lowest BCUT2D eigenvalue weighted by molar-refractivity contribution is -0.131. The number of hydrogen-bond donors (Lipinski definition) is 1. The molecule has 0 radical (unpaired) electrons. The standard InChI is InChI=1S/C16H27N5O2/c22-16(21-9-3-1-2-4-10-21)6-5-15-18-14(19-23-15)13-20-11-7-17-8-12-20/h17H,1-13H2.